The van der Waals surface area contributed by atoms with Crippen LogP contribution in [0.4, 0.5) is 5.69 Å². The van der Waals surface area contributed by atoms with E-state index in [4.69, 9.17) is 0 Å². The highest BCUT2D eigenvalue weighted by atomic mass is 32.2. The maximum atomic E-state index is 12.9. The van der Waals surface area contributed by atoms with Gasteiger partial charge < -0.3 is 0 Å². The van der Waals surface area contributed by atoms with Gasteiger partial charge in [-0.3, -0.25) is 19.7 Å². The molecule has 0 amide bonds. The number of aryl methyl sites for hydroxylation is 2. The van der Waals surface area contributed by atoms with Crippen LogP contribution in [0.15, 0.2) is 35.5 Å². The average molecular weight is 379 g/mol. The smallest absolute Gasteiger partial charge is 0.282 e. The Hall–Kier alpha value is -2.30. The molecule has 1 aromatic carbocycles. The summed E-state index contributed by atoms with van der Waals surface area (Å²) >= 11 is 0. The molecule has 0 bridgehead atoms. The van der Waals surface area contributed by atoms with Crippen LogP contribution in [0.5, 0.6) is 0 Å². The Morgan fingerprint density at radius 3 is 2.46 bits per heavy atom. The van der Waals surface area contributed by atoms with Gasteiger partial charge in [0.1, 0.15) is 12.4 Å². The zero-order valence-corrected chi connectivity index (χ0v) is 15.5. The van der Waals surface area contributed by atoms with Crippen LogP contribution in [0.3, 0.4) is 0 Å². The topological polar surface area (TPSA) is 102 Å². The summed E-state index contributed by atoms with van der Waals surface area (Å²) in [7, 11) is -3.52. The number of benzene rings is 1. The maximum Gasteiger partial charge on any atom is 0.307 e. The van der Waals surface area contributed by atoms with Gasteiger partial charge in [-0.1, -0.05) is 17.7 Å². The largest absolute Gasteiger partial charge is 0.307 e. The van der Waals surface area contributed by atoms with Gasteiger partial charge in [0.15, 0.2) is 0 Å². The fraction of sp³-hybridized carbons (Fsp3) is 0.438. The zero-order chi connectivity index (χ0) is 18.9. The first-order valence-corrected chi connectivity index (χ1v) is 9.68. The molecule has 0 aliphatic carbocycles. The van der Waals surface area contributed by atoms with Crippen LogP contribution in [-0.4, -0.2) is 58.5 Å². The van der Waals surface area contributed by atoms with Crippen molar-refractivity contribution in [1.29, 1.82) is 0 Å². The fourth-order valence-electron chi connectivity index (χ4n) is 3.07. The number of nitrogens with zero attached hydrogens (tertiary/aromatic N) is 5. The lowest BCUT2D eigenvalue weighted by atomic mass is 10.2. The number of rotatable bonds is 5. The van der Waals surface area contributed by atoms with Crippen LogP contribution in [-0.2, 0) is 16.7 Å². The Kier molecular flexibility index (Phi) is 5.08. The van der Waals surface area contributed by atoms with Gasteiger partial charge in [0.05, 0.1) is 16.5 Å². The van der Waals surface area contributed by atoms with Crippen molar-refractivity contribution in [3.63, 3.8) is 0 Å². The molecule has 1 aliphatic heterocycles. The van der Waals surface area contributed by atoms with E-state index in [9.17, 15) is 18.5 Å². The van der Waals surface area contributed by atoms with Crippen LogP contribution < -0.4 is 0 Å². The van der Waals surface area contributed by atoms with Crippen LogP contribution >= 0.6 is 0 Å². The molecule has 2 heterocycles. The normalized spacial score (nSPS) is 16.7. The molecular formula is C16H21N5O4S. The minimum atomic E-state index is -3.52. The Labute approximate surface area is 152 Å². The molecule has 0 unspecified atom stereocenters. The molecule has 2 aromatic rings. The molecule has 9 nitrogen and oxygen atoms in total. The Balaban J connectivity index is 1.64. The van der Waals surface area contributed by atoms with E-state index in [2.05, 4.69) is 5.10 Å². The first kappa shape index (κ1) is 18.5. The minimum absolute atomic E-state index is 0.0546. The van der Waals surface area contributed by atoms with Crippen molar-refractivity contribution in [3.05, 3.63) is 51.8 Å². The summed E-state index contributed by atoms with van der Waals surface area (Å²) in [5.41, 5.74) is 1.72. The van der Waals surface area contributed by atoms with Crippen molar-refractivity contribution in [1.82, 2.24) is 19.0 Å². The van der Waals surface area contributed by atoms with Crippen molar-refractivity contribution < 1.29 is 13.3 Å². The summed E-state index contributed by atoms with van der Waals surface area (Å²) in [4.78, 5) is 12.6. The van der Waals surface area contributed by atoms with Gasteiger partial charge in [0.2, 0.25) is 10.0 Å². The van der Waals surface area contributed by atoms with E-state index in [1.165, 1.54) is 21.4 Å². The molecule has 0 saturated carbocycles. The molecule has 0 spiro atoms. The molecule has 0 N–H and O–H groups in total. The van der Waals surface area contributed by atoms with E-state index in [-0.39, 0.29) is 5.69 Å². The average Bonchev–Trinajstić information content (AvgIpc) is 3.04. The number of sulfonamides is 1. The molecule has 1 aliphatic rings. The number of hydrogen-bond acceptors (Lipinski definition) is 6. The molecule has 140 valence electrons. The van der Waals surface area contributed by atoms with Crippen LogP contribution in [0.25, 0.3) is 0 Å². The van der Waals surface area contributed by atoms with E-state index < -0.39 is 14.9 Å². The summed E-state index contributed by atoms with van der Waals surface area (Å²) in [5.74, 6) is 0. The molecule has 1 saturated heterocycles. The zero-order valence-electron chi connectivity index (χ0n) is 14.7. The molecule has 3 rings (SSSR count). The fourth-order valence-corrected chi connectivity index (χ4v) is 4.70. The SMILES string of the molecule is Cc1ccc(S(=O)(=O)N2CCN(Cn3cc([N+](=O)[O-])cn3)CC2)c(C)c1. The molecule has 1 fully saturated rings. The summed E-state index contributed by atoms with van der Waals surface area (Å²) in [6.07, 6.45) is 2.58. The third-order valence-corrected chi connectivity index (χ3v) is 6.51. The minimum Gasteiger partial charge on any atom is -0.282 e. The first-order valence-electron chi connectivity index (χ1n) is 8.24. The summed E-state index contributed by atoms with van der Waals surface area (Å²) in [5, 5.41) is 14.7. The van der Waals surface area contributed by atoms with Gasteiger partial charge in [0.25, 0.3) is 0 Å². The second-order valence-electron chi connectivity index (χ2n) is 6.43. The maximum absolute atomic E-state index is 12.9. The molecule has 10 heteroatoms. The van der Waals surface area contributed by atoms with Gasteiger partial charge in [-0.25, -0.2) is 8.42 Å². The number of hydrogen-bond donors (Lipinski definition) is 0. The lowest BCUT2D eigenvalue weighted by Gasteiger charge is -2.34. The molecule has 0 radical (unpaired) electrons. The monoisotopic (exact) mass is 379 g/mol. The predicted molar refractivity (Wildman–Crippen MR) is 95.1 cm³/mol. The third-order valence-electron chi connectivity index (χ3n) is 4.45. The van der Waals surface area contributed by atoms with Gasteiger partial charge >= 0.3 is 5.69 Å². The lowest BCUT2D eigenvalue weighted by molar-refractivity contribution is -0.385. The van der Waals surface area contributed by atoms with Crippen molar-refractivity contribution in [2.45, 2.75) is 25.4 Å². The van der Waals surface area contributed by atoms with Crippen molar-refractivity contribution in [2.24, 2.45) is 0 Å². The quantitative estimate of drug-likeness (QED) is 0.574. The first-order chi connectivity index (χ1) is 12.3. The third kappa shape index (κ3) is 3.76. The second kappa shape index (κ2) is 7.14. The van der Waals surface area contributed by atoms with Crippen LogP contribution in [0, 0.1) is 24.0 Å². The standard InChI is InChI=1S/C16H21N5O4S/c1-13-3-4-16(14(2)9-13)26(24,25)20-7-5-18(6-8-20)12-19-11-15(10-17-19)21(22)23/h3-4,9-11H,5-8,12H2,1-2H3. The van der Waals surface area contributed by atoms with E-state index >= 15 is 0 Å². The van der Waals surface area contributed by atoms with E-state index in [1.54, 1.807) is 19.1 Å². The van der Waals surface area contributed by atoms with Crippen LogP contribution in [0.2, 0.25) is 0 Å². The highest BCUT2D eigenvalue weighted by molar-refractivity contribution is 7.89. The predicted octanol–water partition coefficient (Wildman–Crippen LogP) is 1.37. The molecule has 0 atom stereocenters. The van der Waals surface area contributed by atoms with Crippen LogP contribution in [0.1, 0.15) is 11.1 Å². The van der Waals surface area contributed by atoms with Crippen molar-refractivity contribution in [3.8, 4) is 0 Å². The Morgan fingerprint density at radius 2 is 1.88 bits per heavy atom. The van der Waals surface area contributed by atoms with Gasteiger partial charge in [-0.15, -0.1) is 0 Å². The second-order valence-corrected chi connectivity index (χ2v) is 8.33. The molecule has 1 aromatic heterocycles. The molecule has 26 heavy (non-hydrogen) atoms. The number of aromatic nitrogens is 2. The summed E-state index contributed by atoms with van der Waals surface area (Å²) in [6.45, 7) is 5.96. The van der Waals surface area contributed by atoms with E-state index in [0.717, 1.165) is 11.1 Å². The number of piperazine rings is 1. The van der Waals surface area contributed by atoms with Gasteiger partial charge in [-0.2, -0.15) is 9.40 Å². The highest BCUT2D eigenvalue weighted by Crippen LogP contribution is 2.22. The van der Waals surface area contributed by atoms with Crippen molar-refractivity contribution >= 4 is 15.7 Å². The van der Waals surface area contributed by atoms with Crippen molar-refractivity contribution in [2.75, 3.05) is 26.2 Å². The van der Waals surface area contributed by atoms with Gasteiger partial charge in [0, 0.05) is 26.2 Å². The number of nitro groups is 1. The Bertz CT molecular complexity index is 916. The van der Waals surface area contributed by atoms with E-state index in [1.807, 2.05) is 17.9 Å². The summed E-state index contributed by atoms with van der Waals surface area (Å²) < 4.78 is 28.7. The molecular weight excluding hydrogens is 358 g/mol. The Morgan fingerprint density at radius 1 is 1.19 bits per heavy atom. The van der Waals surface area contributed by atoms with Gasteiger partial charge in [-0.05, 0) is 25.5 Å². The summed E-state index contributed by atoms with van der Waals surface area (Å²) in [6, 6.07) is 5.34. The lowest BCUT2D eigenvalue weighted by Crippen LogP contribution is -2.49. The highest BCUT2D eigenvalue weighted by Gasteiger charge is 2.29. The van der Waals surface area contributed by atoms with E-state index in [0.29, 0.717) is 37.7 Å².